The van der Waals surface area contributed by atoms with Crippen LogP contribution in [0.15, 0.2) is 89.4 Å². The third kappa shape index (κ3) is 11.4. The van der Waals surface area contributed by atoms with Crippen molar-refractivity contribution in [1.29, 1.82) is 0 Å². The van der Waals surface area contributed by atoms with E-state index in [1.807, 2.05) is 60.7 Å². The topological polar surface area (TPSA) is 97.1 Å². The van der Waals surface area contributed by atoms with Crippen LogP contribution in [0.5, 0.6) is 0 Å². The zero-order valence-electron chi connectivity index (χ0n) is 29.6. The highest BCUT2D eigenvalue weighted by atomic mass is 79.9. The Balaban J connectivity index is 1.16. The van der Waals surface area contributed by atoms with Crippen LogP contribution in [0.4, 0.5) is 17.1 Å². The summed E-state index contributed by atoms with van der Waals surface area (Å²) in [6.45, 7) is 5.65. The van der Waals surface area contributed by atoms with E-state index >= 15 is 0 Å². The molecule has 0 radical (unpaired) electrons. The molecule has 0 atom stereocenters. The predicted molar refractivity (Wildman–Crippen MR) is 214 cm³/mol. The summed E-state index contributed by atoms with van der Waals surface area (Å²) in [5, 5.41) is 4.22. The van der Waals surface area contributed by atoms with Crippen molar-refractivity contribution in [2.24, 2.45) is 0 Å². The van der Waals surface area contributed by atoms with Crippen LogP contribution in [0, 0.1) is 0 Å². The number of nitrogens with two attached hydrogens (primary N) is 1. The number of nitrogens with one attached hydrogen (secondary N) is 1. The summed E-state index contributed by atoms with van der Waals surface area (Å²) in [5.41, 5.74) is 11.7. The van der Waals surface area contributed by atoms with Gasteiger partial charge in [0.2, 0.25) is 0 Å². The number of carbonyl (C=O) groups excluding carboxylic acids is 2. The van der Waals surface area contributed by atoms with Crippen molar-refractivity contribution in [3.63, 3.8) is 0 Å². The van der Waals surface area contributed by atoms with E-state index in [0.29, 0.717) is 69.4 Å². The fourth-order valence-corrected chi connectivity index (χ4v) is 7.59. The van der Waals surface area contributed by atoms with Crippen molar-refractivity contribution in [1.82, 2.24) is 9.80 Å². The Morgan fingerprint density at radius 1 is 0.846 bits per heavy atom. The number of hydrogen-bond acceptors (Lipinski definition) is 8. The zero-order chi connectivity index (χ0) is 36.9. The lowest BCUT2D eigenvalue weighted by molar-refractivity contribution is -0.143. The van der Waals surface area contributed by atoms with Crippen molar-refractivity contribution < 1.29 is 19.1 Å². The number of para-hydroxylation sites is 2. The van der Waals surface area contributed by atoms with Crippen LogP contribution in [0.3, 0.4) is 0 Å². The predicted octanol–water partition coefficient (Wildman–Crippen LogP) is 9.68. The van der Waals surface area contributed by atoms with Gasteiger partial charge >= 0.3 is 11.9 Å². The van der Waals surface area contributed by atoms with Gasteiger partial charge in [0.05, 0.1) is 33.4 Å². The number of nitrogen functional groups attached to an aromatic ring is 1. The Bertz CT molecular complexity index is 1770. The Morgan fingerprint density at radius 2 is 1.52 bits per heavy atom. The highest BCUT2D eigenvalue weighted by Gasteiger charge is 2.22. The smallest absolute Gasteiger partial charge is 0.338 e. The minimum Gasteiger partial charge on any atom is -0.464 e. The largest absolute Gasteiger partial charge is 0.464 e. The molecular formula is C41H47BrCl2N4O4. The van der Waals surface area contributed by atoms with E-state index < -0.39 is 5.97 Å². The van der Waals surface area contributed by atoms with Gasteiger partial charge in [0.15, 0.2) is 0 Å². The fraction of sp³-hybridized carbons (Fsp3) is 0.366. The van der Waals surface area contributed by atoms with E-state index in [4.69, 9.17) is 38.4 Å². The number of halogens is 3. The molecule has 1 aliphatic carbocycles. The van der Waals surface area contributed by atoms with Crippen molar-refractivity contribution in [2.45, 2.75) is 64.6 Å². The number of hydrogen-bond donors (Lipinski definition) is 2. The summed E-state index contributed by atoms with van der Waals surface area (Å²) in [4.78, 5) is 30.9. The molecule has 11 heteroatoms. The second kappa shape index (κ2) is 20.0. The molecule has 1 fully saturated rings. The first-order valence-electron chi connectivity index (χ1n) is 17.9. The van der Waals surface area contributed by atoms with Gasteiger partial charge in [0.25, 0.3) is 0 Å². The molecule has 1 aliphatic rings. The first kappa shape index (κ1) is 39.6. The molecule has 0 saturated heterocycles. The van der Waals surface area contributed by atoms with Gasteiger partial charge in [-0.3, -0.25) is 14.6 Å². The molecular weight excluding hydrogens is 763 g/mol. The van der Waals surface area contributed by atoms with Gasteiger partial charge in [-0.25, -0.2) is 4.79 Å². The Hall–Kier alpha value is -3.60. The van der Waals surface area contributed by atoms with Crippen molar-refractivity contribution in [2.75, 3.05) is 43.9 Å². The third-order valence-corrected chi connectivity index (χ3v) is 10.7. The van der Waals surface area contributed by atoms with Gasteiger partial charge in [-0.2, -0.15) is 0 Å². The number of rotatable bonds is 17. The van der Waals surface area contributed by atoms with Crippen molar-refractivity contribution in [3.05, 3.63) is 122 Å². The Kier molecular flexibility index (Phi) is 15.2. The van der Waals surface area contributed by atoms with Crippen LogP contribution < -0.4 is 11.1 Å². The summed E-state index contributed by atoms with van der Waals surface area (Å²) < 4.78 is 12.2. The van der Waals surface area contributed by atoms with Crippen LogP contribution in [0.25, 0.3) is 0 Å². The Labute approximate surface area is 325 Å². The lowest BCUT2D eigenvalue weighted by Crippen LogP contribution is -2.36. The van der Waals surface area contributed by atoms with Crippen molar-refractivity contribution in [3.8, 4) is 0 Å². The maximum Gasteiger partial charge on any atom is 0.338 e. The number of carbonyl (C=O) groups is 2. The van der Waals surface area contributed by atoms with Crippen LogP contribution >= 0.6 is 39.1 Å². The van der Waals surface area contributed by atoms with Crippen molar-refractivity contribution >= 4 is 68.1 Å². The van der Waals surface area contributed by atoms with Crippen LogP contribution in [-0.4, -0.2) is 60.6 Å². The summed E-state index contributed by atoms with van der Waals surface area (Å²) in [7, 11) is 0. The van der Waals surface area contributed by atoms with Crippen LogP contribution in [-0.2, 0) is 33.8 Å². The monoisotopic (exact) mass is 808 g/mol. The van der Waals surface area contributed by atoms with E-state index in [-0.39, 0.29) is 25.6 Å². The zero-order valence-corrected chi connectivity index (χ0v) is 32.7. The highest BCUT2D eigenvalue weighted by Crippen LogP contribution is 2.34. The minimum absolute atomic E-state index is 0.0668. The average molecular weight is 811 g/mol. The number of anilines is 3. The number of esters is 2. The molecule has 52 heavy (non-hydrogen) atoms. The SMILES string of the molecule is CCN(Cc1cc(C(=O)OCCN(CCOC(=O)Cc2ccccc2Nc2c(Cl)cccc2Cl)Cc2ccccc2)cc(Br)c1N)C1CCCCC1. The van der Waals surface area contributed by atoms with Gasteiger partial charge in [-0.1, -0.05) is 104 Å². The first-order chi connectivity index (χ1) is 25.2. The molecule has 0 heterocycles. The number of benzene rings is 4. The lowest BCUT2D eigenvalue weighted by Gasteiger charge is -2.34. The molecule has 5 rings (SSSR count). The summed E-state index contributed by atoms with van der Waals surface area (Å²) >= 11 is 16.3. The highest BCUT2D eigenvalue weighted by molar-refractivity contribution is 9.10. The molecule has 276 valence electrons. The van der Waals surface area contributed by atoms with E-state index in [2.05, 4.69) is 38.0 Å². The van der Waals surface area contributed by atoms with E-state index in [1.165, 1.54) is 32.1 Å². The maximum atomic E-state index is 13.3. The fourth-order valence-electron chi connectivity index (χ4n) is 6.59. The molecule has 3 N–H and O–H groups in total. The van der Waals surface area contributed by atoms with Gasteiger partial charge < -0.3 is 20.5 Å². The van der Waals surface area contributed by atoms with E-state index in [1.54, 1.807) is 24.3 Å². The molecule has 4 aromatic rings. The standard InChI is InChI=1S/C41H47BrCl2N4O4/c1-2-48(33-15-7-4-8-16-33)28-32-24-31(25-34(42)39(32)45)41(50)52-23-21-47(27-29-12-5-3-6-13-29)20-22-51-38(49)26-30-14-9-10-19-37(30)46-40-35(43)17-11-18-36(40)44/h3,5-6,9-14,17-19,24-25,33,46H,2,4,7-8,15-16,20-23,26-28,45H2,1H3. The van der Waals surface area contributed by atoms with Crippen LogP contribution in [0.1, 0.15) is 66.1 Å². The number of nitrogens with zero attached hydrogens (tertiary/aromatic N) is 2. The summed E-state index contributed by atoms with van der Waals surface area (Å²) in [6, 6.07) is 26.9. The van der Waals surface area contributed by atoms with E-state index in [9.17, 15) is 9.59 Å². The van der Waals surface area contributed by atoms with Gasteiger partial charge in [0.1, 0.15) is 13.2 Å². The molecule has 4 aromatic carbocycles. The average Bonchev–Trinajstić information content (AvgIpc) is 3.15. The van der Waals surface area contributed by atoms with Crippen LogP contribution in [0.2, 0.25) is 10.0 Å². The molecule has 0 spiro atoms. The first-order valence-corrected chi connectivity index (χ1v) is 19.5. The second-order valence-electron chi connectivity index (χ2n) is 13.1. The molecule has 0 unspecified atom stereocenters. The minimum atomic E-state index is -0.404. The Morgan fingerprint density at radius 3 is 2.23 bits per heavy atom. The summed E-state index contributed by atoms with van der Waals surface area (Å²) in [6.07, 6.45) is 6.26. The molecule has 0 bridgehead atoms. The van der Waals surface area contributed by atoms with Gasteiger partial charge in [0, 0.05) is 42.4 Å². The molecule has 1 saturated carbocycles. The molecule has 0 aliphatic heterocycles. The van der Waals surface area contributed by atoms with Gasteiger partial charge in [-0.05, 0) is 82.3 Å². The number of ether oxygens (including phenoxy) is 2. The third-order valence-electron chi connectivity index (χ3n) is 9.46. The lowest BCUT2D eigenvalue weighted by atomic mass is 9.93. The van der Waals surface area contributed by atoms with E-state index in [0.717, 1.165) is 23.2 Å². The normalized spacial score (nSPS) is 13.3. The molecule has 0 aromatic heterocycles. The maximum absolute atomic E-state index is 13.3. The molecule has 0 amide bonds. The second-order valence-corrected chi connectivity index (χ2v) is 14.7. The molecule has 8 nitrogen and oxygen atoms in total. The summed E-state index contributed by atoms with van der Waals surface area (Å²) in [5.74, 6) is -0.764. The van der Waals surface area contributed by atoms with Gasteiger partial charge in [-0.15, -0.1) is 0 Å². The quantitative estimate of drug-likeness (QED) is 0.0805.